The van der Waals surface area contributed by atoms with Crippen molar-refractivity contribution in [3.63, 3.8) is 0 Å². The number of hydrogen-bond donors (Lipinski definition) is 1. The quantitative estimate of drug-likeness (QED) is 0.653. The fraction of sp³-hybridized carbons (Fsp3) is 0.143. The van der Waals surface area contributed by atoms with E-state index < -0.39 is 0 Å². The molecule has 0 unspecified atom stereocenters. The van der Waals surface area contributed by atoms with E-state index in [-0.39, 0.29) is 11.7 Å². The molecule has 2 heterocycles. The summed E-state index contributed by atoms with van der Waals surface area (Å²) in [6.45, 7) is 0. The standard InChI is InChI=1S/C14H12BrN5OS2/c1-20-8-16-19-14(20)23-7-12(21)18-13-17-11(6-22-13)9-3-2-4-10(15)5-9/h2-6,8H,7H2,1H3,(H,17,18,21). The summed E-state index contributed by atoms with van der Waals surface area (Å²) in [4.78, 5) is 16.4. The van der Waals surface area contributed by atoms with Gasteiger partial charge in [0.1, 0.15) is 6.33 Å². The van der Waals surface area contributed by atoms with Gasteiger partial charge >= 0.3 is 0 Å². The molecule has 0 aliphatic carbocycles. The molecule has 3 rings (SSSR count). The molecule has 0 fully saturated rings. The predicted octanol–water partition coefficient (Wildman–Crippen LogP) is 3.43. The van der Waals surface area contributed by atoms with Crippen LogP contribution < -0.4 is 5.32 Å². The van der Waals surface area contributed by atoms with Crippen molar-refractivity contribution in [2.75, 3.05) is 11.1 Å². The Morgan fingerprint density at radius 3 is 3.09 bits per heavy atom. The molecule has 1 amide bonds. The van der Waals surface area contributed by atoms with Crippen LogP contribution in [0.4, 0.5) is 5.13 Å². The van der Waals surface area contributed by atoms with Crippen LogP contribution in [0, 0.1) is 0 Å². The maximum atomic E-state index is 12.0. The van der Waals surface area contributed by atoms with Crippen molar-refractivity contribution in [1.82, 2.24) is 19.7 Å². The Kier molecular flexibility index (Phi) is 5.09. The number of aryl methyl sites for hydroxylation is 1. The average Bonchev–Trinajstić information content (AvgIpc) is 3.14. The van der Waals surface area contributed by atoms with E-state index in [1.54, 1.807) is 10.9 Å². The van der Waals surface area contributed by atoms with E-state index in [9.17, 15) is 4.79 Å². The number of thiazole rings is 1. The third kappa shape index (κ3) is 4.18. The fourth-order valence-corrected chi connectivity index (χ4v) is 3.62. The van der Waals surface area contributed by atoms with Crippen LogP contribution in [0.25, 0.3) is 11.3 Å². The van der Waals surface area contributed by atoms with Gasteiger partial charge in [-0.2, -0.15) is 0 Å². The van der Waals surface area contributed by atoms with Crippen LogP contribution in [0.5, 0.6) is 0 Å². The van der Waals surface area contributed by atoms with E-state index in [0.717, 1.165) is 15.7 Å². The molecule has 23 heavy (non-hydrogen) atoms. The highest BCUT2D eigenvalue weighted by Gasteiger charge is 2.10. The van der Waals surface area contributed by atoms with Gasteiger partial charge < -0.3 is 9.88 Å². The minimum atomic E-state index is -0.117. The number of nitrogens with zero attached hydrogens (tertiary/aromatic N) is 4. The summed E-state index contributed by atoms with van der Waals surface area (Å²) in [5, 5.41) is 13.7. The third-order valence-corrected chi connectivity index (χ3v) is 5.16. The van der Waals surface area contributed by atoms with Gasteiger partial charge in [-0.1, -0.05) is 39.8 Å². The second-order valence-corrected chi connectivity index (χ2v) is 7.33. The molecule has 0 atom stereocenters. The Labute approximate surface area is 149 Å². The molecule has 118 valence electrons. The van der Waals surface area contributed by atoms with Crippen molar-refractivity contribution >= 4 is 50.1 Å². The lowest BCUT2D eigenvalue weighted by Gasteiger charge is -2.01. The van der Waals surface area contributed by atoms with Crippen molar-refractivity contribution in [2.24, 2.45) is 7.05 Å². The van der Waals surface area contributed by atoms with Gasteiger partial charge in [-0.15, -0.1) is 21.5 Å². The van der Waals surface area contributed by atoms with Crippen molar-refractivity contribution in [3.05, 3.63) is 40.4 Å². The molecule has 0 aliphatic heterocycles. The summed E-state index contributed by atoms with van der Waals surface area (Å²) in [6, 6.07) is 7.89. The van der Waals surface area contributed by atoms with Gasteiger partial charge in [0.2, 0.25) is 5.91 Å². The number of hydrogen-bond acceptors (Lipinski definition) is 6. The number of aromatic nitrogens is 4. The SMILES string of the molecule is Cn1cnnc1SCC(=O)Nc1nc(-c2cccc(Br)c2)cs1. The molecule has 3 aromatic rings. The van der Waals surface area contributed by atoms with Crippen LogP contribution in [0.2, 0.25) is 0 Å². The lowest BCUT2D eigenvalue weighted by atomic mass is 10.2. The molecule has 0 saturated carbocycles. The summed E-state index contributed by atoms with van der Waals surface area (Å²) in [7, 11) is 1.84. The van der Waals surface area contributed by atoms with Crippen molar-refractivity contribution in [2.45, 2.75) is 5.16 Å². The Bertz CT molecular complexity index is 832. The molecule has 1 aromatic carbocycles. The first kappa shape index (κ1) is 16.2. The second kappa shape index (κ2) is 7.24. The van der Waals surface area contributed by atoms with Crippen molar-refractivity contribution in [3.8, 4) is 11.3 Å². The number of halogens is 1. The predicted molar refractivity (Wildman–Crippen MR) is 95.6 cm³/mol. The van der Waals surface area contributed by atoms with Gasteiger partial charge in [0.05, 0.1) is 11.4 Å². The summed E-state index contributed by atoms with van der Waals surface area (Å²) >= 11 is 6.18. The molecule has 0 aliphatic rings. The highest BCUT2D eigenvalue weighted by molar-refractivity contribution is 9.10. The minimum Gasteiger partial charge on any atom is -0.312 e. The van der Waals surface area contributed by atoms with Crippen molar-refractivity contribution in [1.29, 1.82) is 0 Å². The normalized spacial score (nSPS) is 10.7. The van der Waals surface area contributed by atoms with E-state index in [0.29, 0.717) is 10.3 Å². The zero-order valence-corrected chi connectivity index (χ0v) is 15.3. The molecule has 2 aromatic heterocycles. The van der Waals surface area contributed by atoms with Crippen molar-refractivity contribution < 1.29 is 4.79 Å². The molecule has 0 radical (unpaired) electrons. The summed E-state index contributed by atoms with van der Waals surface area (Å²) in [6.07, 6.45) is 1.60. The lowest BCUT2D eigenvalue weighted by molar-refractivity contribution is -0.113. The Morgan fingerprint density at radius 2 is 2.35 bits per heavy atom. The van der Waals surface area contributed by atoms with Crippen LogP contribution in [0.15, 0.2) is 45.6 Å². The zero-order valence-electron chi connectivity index (χ0n) is 12.1. The molecular formula is C14H12BrN5OS2. The number of anilines is 1. The topological polar surface area (TPSA) is 72.7 Å². The Balaban J connectivity index is 1.60. The minimum absolute atomic E-state index is 0.117. The first-order chi connectivity index (χ1) is 11.1. The van der Waals surface area contributed by atoms with Crippen LogP contribution in [-0.2, 0) is 11.8 Å². The summed E-state index contributed by atoms with van der Waals surface area (Å²) in [5.74, 6) is 0.145. The van der Waals surface area contributed by atoms with Gasteiger partial charge in [-0.3, -0.25) is 4.79 Å². The maximum Gasteiger partial charge on any atom is 0.236 e. The molecule has 0 saturated heterocycles. The number of amides is 1. The number of carbonyl (C=O) groups excluding carboxylic acids is 1. The third-order valence-electron chi connectivity index (χ3n) is 2.87. The monoisotopic (exact) mass is 409 g/mol. The smallest absolute Gasteiger partial charge is 0.236 e. The largest absolute Gasteiger partial charge is 0.312 e. The van der Waals surface area contributed by atoms with Gasteiger partial charge in [0.15, 0.2) is 10.3 Å². The number of carbonyl (C=O) groups is 1. The van der Waals surface area contributed by atoms with E-state index in [1.807, 2.05) is 36.7 Å². The van der Waals surface area contributed by atoms with Gasteiger partial charge in [0.25, 0.3) is 0 Å². The first-order valence-corrected chi connectivity index (χ1v) is 9.26. The van der Waals surface area contributed by atoms with E-state index >= 15 is 0 Å². The molecule has 0 spiro atoms. The average molecular weight is 410 g/mol. The number of rotatable bonds is 5. The number of thioether (sulfide) groups is 1. The summed E-state index contributed by atoms with van der Waals surface area (Å²) in [5.41, 5.74) is 1.84. The van der Waals surface area contributed by atoms with Crippen LogP contribution in [-0.4, -0.2) is 31.4 Å². The fourth-order valence-electron chi connectivity index (χ4n) is 1.80. The molecule has 0 bridgehead atoms. The highest BCUT2D eigenvalue weighted by atomic mass is 79.9. The number of benzene rings is 1. The summed E-state index contributed by atoms with van der Waals surface area (Å²) < 4.78 is 2.76. The van der Waals surface area contributed by atoms with Crippen LogP contribution in [0.1, 0.15) is 0 Å². The van der Waals surface area contributed by atoms with Gasteiger partial charge in [-0.05, 0) is 12.1 Å². The van der Waals surface area contributed by atoms with Crippen LogP contribution in [0.3, 0.4) is 0 Å². The first-order valence-electron chi connectivity index (χ1n) is 6.60. The lowest BCUT2D eigenvalue weighted by Crippen LogP contribution is -2.14. The van der Waals surface area contributed by atoms with Gasteiger partial charge in [0, 0.05) is 22.5 Å². The Hall–Kier alpha value is -1.71. The maximum absolute atomic E-state index is 12.0. The van der Waals surface area contributed by atoms with Gasteiger partial charge in [-0.25, -0.2) is 4.98 Å². The zero-order chi connectivity index (χ0) is 16.2. The van der Waals surface area contributed by atoms with Crippen LogP contribution >= 0.6 is 39.0 Å². The molecule has 1 N–H and O–H groups in total. The Morgan fingerprint density at radius 1 is 1.48 bits per heavy atom. The van der Waals surface area contributed by atoms with E-state index in [4.69, 9.17) is 0 Å². The molecule has 9 heteroatoms. The highest BCUT2D eigenvalue weighted by Crippen LogP contribution is 2.27. The molecule has 6 nitrogen and oxygen atoms in total. The van der Waals surface area contributed by atoms with E-state index in [2.05, 4.69) is 36.4 Å². The molecular weight excluding hydrogens is 398 g/mol. The van der Waals surface area contributed by atoms with E-state index in [1.165, 1.54) is 23.1 Å². The number of nitrogens with one attached hydrogen (secondary N) is 1. The second-order valence-electron chi connectivity index (χ2n) is 4.61.